The molecule has 1 aliphatic rings. The molecule has 0 spiro atoms. The van der Waals surface area contributed by atoms with Crippen molar-refractivity contribution in [2.24, 2.45) is 5.92 Å². The second-order valence-corrected chi connectivity index (χ2v) is 5.33. The van der Waals surface area contributed by atoms with E-state index < -0.39 is 0 Å². The first-order valence-electron chi connectivity index (χ1n) is 6.83. The van der Waals surface area contributed by atoms with E-state index in [2.05, 4.69) is 10.3 Å². The Morgan fingerprint density at radius 2 is 2.16 bits per heavy atom. The fraction of sp³-hybridized carbons (Fsp3) is 0.429. The van der Waals surface area contributed by atoms with Crippen LogP contribution >= 0.6 is 0 Å². The second-order valence-electron chi connectivity index (χ2n) is 5.33. The summed E-state index contributed by atoms with van der Waals surface area (Å²) >= 11 is 0. The molecule has 19 heavy (non-hydrogen) atoms. The van der Waals surface area contributed by atoms with Gasteiger partial charge in [-0.25, -0.2) is 4.98 Å². The second kappa shape index (κ2) is 4.06. The molecule has 1 aliphatic heterocycles. The Morgan fingerprint density at radius 1 is 1.32 bits per heavy atom. The largest absolute Gasteiger partial charge is 0.317 e. The number of rotatable bonds is 2. The van der Waals surface area contributed by atoms with Gasteiger partial charge in [0.05, 0.1) is 6.20 Å². The molecule has 1 N–H and O–H groups in total. The molecule has 98 valence electrons. The van der Waals surface area contributed by atoms with Crippen molar-refractivity contribution in [1.29, 1.82) is 0 Å². The summed E-state index contributed by atoms with van der Waals surface area (Å²) in [7, 11) is 0. The molecule has 0 atom stereocenters. The molecule has 3 aromatic rings. The molecule has 3 aromatic heterocycles. The molecule has 0 bridgehead atoms. The third kappa shape index (κ3) is 1.58. The van der Waals surface area contributed by atoms with Gasteiger partial charge in [0, 0.05) is 6.54 Å². The summed E-state index contributed by atoms with van der Waals surface area (Å²) < 4.78 is 3.88. The summed E-state index contributed by atoms with van der Waals surface area (Å²) in [6.45, 7) is 2.94. The Morgan fingerprint density at radius 3 is 3.00 bits per heavy atom. The lowest BCUT2D eigenvalue weighted by atomic mass is 9.98. The number of piperidine rings is 1. The summed E-state index contributed by atoms with van der Waals surface area (Å²) in [5, 5.41) is 3.36. The molecule has 0 unspecified atom stereocenters. The quantitative estimate of drug-likeness (QED) is 0.746. The van der Waals surface area contributed by atoms with Crippen LogP contribution in [0, 0.1) is 5.92 Å². The van der Waals surface area contributed by atoms with Gasteiger partial charge in [-0.15, -0.1) is 0 Å². The average Bonchev–Trinajstić information content (AvgIpc) is 2.99. The molecule has 1 fully saturated rings. The first-order valence-corrected chi connectivity index (χ1v) is 6.83. The van der Waals surface area contributed by atoms with Crippen LogP contribution in [0.3, 0.4) is 0 Å². The van der Waals surface area contributed by atoms with E-state index in [4.69, 9.17) is 0 Å². The van der Waals surface area contributed by atoms with Crippen molar-refractivity contribution in [3.63, 3.8) is 0 Å². The van der Waals surface area contributed by atoms with Crippen LogP contribution in [0.25, 0.3) is 16.8 Å². The molecule has 0 radical (unpaired) electrons. The molecular formula is C14H16N4O. The zero-order chi connectivity index (χ0) is 12.8. The van der Waals surface area contributed by atoms with Crippen molar-refractivity contribution in [2.75, 3.05) is 13.1 Å². The Hall–Kier alpha value is -1.88. The van der Waals surface area contributed by atoms with Crippen LogP contribution in [0.2, 0.25) is 0 Å². The smallest absolute Gasteiger partial charge is 0.278 e. The highest BCUT2D eigenvalue weighted by Crippen LogP contribution is 2.18. The lowest BCUT2D eigenvalue weighted by Gasteiger charge is -2.22. The predicted molar refractivity (Wildman–Crippen MR) is 73.7 cm³/mol. The topological polar surface area (TPSA) is 51.3 Å². The van der Waals surface area contributed by atoms with Crippen LogP contribution in [0.15, 0.2) is 29.2 Å². The molecule has 1 saturated heterocycles. The van der Waals surface area contributed by atoms with E-state index in [9.17, 15) is 4.79 Å². The first-order chi connectivity index (χ1) is 9.34. The fourth-order valence-corrected chi connectivity index (χ4v) is 3.12. The Labute approximate surface area is 110 Å². The van der Waals surface area contributed by atoms with Crippen LogP contribution in [-0.2, 0) is 6.54 Å². The van der Waals surface area contributed by atoms with E-state index in [-0.39, 0.29) is 5.56 Å². The number of pyridine rings is 1. The van der Waals surface area contributed by atoms with E-state index in [1.807, 2.05) is 27.2 Å². The zero-order valence-electron chi connectivity index (χ0n) is 10.7. The third-order valence-electron chi connectivity index (χ3n) is 4.15. The van der Waals surface area contributed by atoms with Gasteiger partial charge in [-0.3, -0.25) is 13.8 Å². The minimum Gasteiger partial charge on any atom is -0.317 e. The normalized spacial score (nSPS) is 17.7. The number of hydrogen-bond donors (Lipinski definition) is 1. The summed E-state index contributed by atoms with van der Waals surface area (Å²) in [4.78, 5) is 16.7. The van der Waals surface area contributed by atoms with Crippen molar-refractivity contribution in [1.82, 2.24) is 19.3 Å². The molecule has 5 nitrogen and oxygen atoms in total. The van der Waals surface area contributed by atoms with Gasteiger partial charge in [-0.1, -0.05) is 6.07 Å². The fourth-order valence-electron chi connectivity index (χ4n) is 3.12. The predicted octanol–water partition coefficient (Wildman–Crippen LogP) is 1.09. The number of imidazole rings is 2. The van der Waals surface area contributed by atoms with Crippen LogP contribution in [0.5, 0.6) is 0 Å². The summed E-state index contributed by atoms with van der Waals surface area (Å²) in [5.74, 6) is 0.595. The number of hydrogen-bond acceptors (Lipinski definition) is 3. The van der Waals surface area contributed by atoms with Crippen LogP contribution in [0.1, 0.15) is 12.8 Å². The Bertz CT molecular complexity index is 766. The molecule has 4 heterocycles. The molecule has 0 amide bonds. The zero-order valence-corrected chi connectivity index (χ0v) is 10.7. The van der Waals surface area contributed by atoms with Crippen LogP contribution in [-0.4, -0.2) is 27.0 Å². The van der Waals surface area contributed by atoms with E-state index in [0.717, 1.165) is 43.8 Å². The highest BCUT2D eigenvalue weighted by molar-refractivity contribution is 5.66. The monoisotopic (exact) mass is 256 g/mol. The molecule has 4 rings (SSSR count). The SMILES string of the molecule is O=c1c2cnc3cccc(n1CC1CCNCC1)n32. The van der Waals surface area contributed by atoms with E-state index in [1.165, 1.54) is 0 Å². The van der Waals surface area contributed by atoms with Crippen molar-refractivity contribution >= 4 is 16.8 Å². The van der Waals surface area contributed by atoms with E-state index in [1.54, 1.807) is 6.20 Å². The van der Waals surface area contributed by atoms with Crippen molar-refractivity contribution in [2.45, 2.75) is 19.4 Å². The average molecular weight is 256 g/mol. The molecule has 5 heteroatoms. The van der Waals surface area contributed by atoms with Gasteiger partial charge in [0.1, 0.15) is 16.8 Å². The van der Waals surface area contributed by atoms with Gasteiger partial charge in [0.25, 0.3) is 5.56 Å². The van der Waals surface area contributed by atoms with E-state index >= 15 is 0 Å². The maximum atomic E-state index is 12.5. The number of aromatic nitrogens is 3. The van der Waals surface area contributed by atoms with Crippen molar-refractivity contribution in [3.8, 4) is 0 Å². The highest BCUT2D eigenvalue weighted by atomic mass is 16.1. The molecule has 0 aliphatic carbocycles. The Balaban J connectivity index is 1.84. The van der Waals surface area contributed by atoms with Crippen molar-refractivity contribution in [3.05, 3.63) is 34.7 Å². The minimum atomic E-state index is 0.0900. The van der Waals surface area contributed by atoms with E-state index in [0.29, 0.717) is 11.4 Å². The lowest BCUT2D eigenvalue weighted by molar-refractivity contribution is 0.334. The summed E-state index contributed by atoms with van der Waals surface area (Å²) in [6, 6.07) is 5.91. The number of nitrogens with one attached hydrogen (secondary N) is 1. The van der Waals surface area contributed by atoms with Crippen molar-refractivity contribution < 1.29 is 0 Å². The molecular weight excluding hydrogens is 240 g/mol. The Kier molecular flexibility index (Phi) is 2.35. The van der Waals surface area contributed by atoms with Crippen LogP contribution in [0.4, 0.5) is 0 Å². The maximum absolute atomic E-state index is 12.5. The van der Waals surface area contributed by atoms with Gasteiger partial charge in [-0.2, -0.15) is 0 Å². The summed E-state index contributed by atoms with van der Waals surface area (Å²) in [5.41, 5.74) is 2.61. The van der Waals surface area contributed by atoms with Crippen LogP contribution < -0.4 is 10.9 Å². The van der Waals surface area contributed by atoms with Gasteiger partial charge in [0.2, 0.25) is 0 Å². The highest BCUT2D eigenvalue weighted by Gasteiger charge is 2.19. The molecule has 0 saturated carbocycles. The van der Waals surface area contributed by atoms with Gasteiger partial charge in [-0.05, 0) is 44.0 Å². The van der Waals surface area contributed by atoms with Gasteiger partial charge >= 0.3 is 0 Å². The van der Waals surface area contributed by atoms with Gasteiger partial charge < -0.3 is 5.32 Å². The van der Waals surface area contributed by atoms with Gasteiger partial charge in [0.15, 0.2) is 0 Å². The first kappa shape index (κ1) is 11.0. The maximum Gasteiger partial charge on any atom is 0.278 e. The summed E-state index contributed by atoms with van der Waals surface area (Å²) in [6.07, 6.45) is 3.98. The number of nitrogens with zero attached hydrogens (tertiary/aromatic N) is 3. The lowest BCUT2D eigenvalue weighted by Crippen LogP contribution is -2.31. The molecule has 0 aromatic carbocycles. The third-order valence-corrected chi connectivity index (χ3v) is 4.15. The standard InChI is InChI=1S/C14H16N4O/c19-14-11-8-16-12-2-1-3-13(18(11)12)17(14)9-10-4-6-15-7-5-10/h1-3,8,10,15H,4-7,9H2. The minimum absolute atomic E-state index is 0.0900.